The van der Waals surface area contributed by atoms with Gasteiger partial charge in [0.2, 0.25) is 0 Å². The molecule has 3 rings (SSSR count). The number of aryl methyl sites for hydroxylation is 2. The Morgan fingerprint density at radius 2 is 1.94 bits per heavy atom. The molecule has 8 nitrogen and oxygen atoms in total. The van der Waals surface area contributed by atoms with Crippen molar-refractivity contribution in [2.75, 3.05) is 25.6 Å². The first-order valence-corrected chi connectivity index (χ1v) is 9.86. The van der Waals surface area contributed by atoms with Gasteiger partial charge >= 0.3 is 6.09 Å². The smallest absolute Gasteiger partial charge is 0.412 e. The highest BCUT2D eigenvalue weighted by Crippen LogP contribution is 2.33. The van der Waals surface area contributed by atoms with Crippen LogP contribution in [-0.4, -0.2) is 41.9 Å². The average molecular weight is 443 g/mol. The third-order valence-corrected chi connectivity index (χ3v) is 4.94. The molecule has 9 heteroatoms. The lowest BCUT2D eigenvalue weighted by molar-refractivity contribution is 0.100. The summed E-state index contributed by atoms with van der Waals surface area (Å²) in [5.41, 5.74) is 9.82. The Kier molecular flexibility index (Phi) is 6.94. The second-order valence-corrected chi connectivity index (χ2v) is 7.36. The molecular weight excluding hydrogens is 420 g/mol. The molecule has 2 amide bonds. The van der Waals surface area contributed by atoms with Crippen LogP contribution in [0.2, 0.25) is 5.02 Å². The SMILES string of the molecule is COCCOC(=O)Nc1cc(-n2cc(C(N)=O)c(-c3cc(C)ccc3Cl)c2)c(C)cn1. The van der Waals surface area contributed by atoms with Gasteiger partial charge in [-0.15, -0.1) is 0 Å². The van der Waals surface area contributed by atoms with Crippen LogP contribution in [0.5, 0.6) is 0 Å². The number of halogens is 1. The Balaban J connectivity index is 1.98. The molecular formula is C22H23ClN4O4. The summed E-state index contributed by atoms with van der Waals surface area (Å²) < 4.78 is 11.6. The Labute approximate surface area is 184 Å². The van der Waals surface area contributed by atoms with Crippen molar-refractivity contribution in [1.29, 1.82) is 0 Å². The molecule has 0 saturated carbocycles. The molecule has 0 saturated heterocycles. The van der Waals surface area contributed by atoms with Crippen molar-refractivity contribution in [3.8, 4) is 16.8 Å². The molecule has 0 unspecified atom stereocenters. The van der Waals surface area contributed by atoms with Crippen LogP contribution in [0.3, 0.4) is 0 Å². The maximum absolute atomic E-state index is 12.1. The van der Waals surface area contributed by atoms with Gasteiger partial charge < -0.3 is 19.8 Å². The molecule has 2 aromatic heterocycles. The van der Waals surface area contributed by atoms with Crippen molar-refractivity contribution in [2.45, 2.75) is 13.8 Å². The number of pyridine rings is 1. The number of benzene rings is 1. The van der Waals surface area contributed by atoms with E-state index in [0.717, 1.165) is 11.1 Å². The van der Waals surface area contributed by atoms with E-state index in [0.29, 0.717) is 39.8 Å². The normalized spacial score (nSPS) is 10.7. The van der Waals surface area contributed by atoms with Gasteiger partial charge in [0.05, 0.1) is 17.9 Å². The predicted octanol–water partition coefficient (Wildman–Crippen LogP) is 4.10. The van der Waals surface area contributed by atoms with Crippen molar-refractivity contribution < 1.29 is 19.1 Å². The van der Waals surface area contributed by atoms with E-state index in [9.17, 15) is 9.59 Å². The monoisotopic (exact) mass is 442 g/mol. The van der Waals surface area contributed by atoms with Crippen molar-refractivity contribution >= 4 is 29.4 Å². The van der Waals surface area contributed by atoms with Crippen molar-refractivity contribution in [3.63, 3.8) is 0 Å². The number of nitrogens with two attached hydrogens (primary N) is 1. The van der Waals surface area contributed by atoms with Gasteiger partial charge in [0, 0.05) is 47.9 Å². The van der Waals surface area contributed by atoms with Gasteiger partial charge in [-0.3, -0.25) is 10.1 Å². The fraction of sp³-hybridized carbons (Fsp3) is 0.227. The van der Waals surface area contributed by atoms with Crippen LogP contribution in [0.4, 0.5) is 10.6 Å². The molecule has 162 valence electrons. The van der Waals surface area contributed by atoms with Gasteiger partial charge in [0.25, 0.3) is 5.91 Å². The van der Waals surface area contributed by atoms with Gasteiger partial charge in [-0.05, 0) is 31.5 Å². The highest BCUT2D eigenvalue weighted by molar-refractivity contribution is 6.33. The summed E-state index contributed by atoms with van der Waals surface area (Å²) in [6.45, 7) is 4.23. The fourth-order valence-electron chi connectivity index (χ4n) is 3.07. The molecule has 0 aliphatic rings. The average Bonchev–Trinajstić information content (AvgIpc) is 3.17. The Bertz CT molecular complexity index is 1130. The number of ether oxygens (including phenoxy) is 2. The highest BCUT2D eigenvalue weighted by Gasteiger charge is 2.18. The first kappa shape index (κ1) is 22.3. The minimum absolute atomic E-state index is 0.126. The Morgan fingerprint density at radius 3 is 2.65 bits per heavy atom. The molecule has 0 atom stereocenters. The minimum Gasteiger partial charge on any atom is -0.447 e. The van der Waals surface area contributed by atoms with E-state index in [1.54, 1.807) is 35.3 Å². The summed E-state index contributed by atoms with van der Waals surface area (Å²) in [6, 6.07) is 7.25. The quantitative estimate of drug-likeness (QED) is 0.535. The van der Waals surface area contributed by atoms with E-state index >= 15 is 0 Å². The molecule has 31 heavy (non-hydrogen) atoms. The zero-order valence-electron chi connectivity index (χ0n) is 17.4. The molecule has 0 fully saturated rings. The number of methoxy groups -OCH3 is 1. The van der Waals surface area contributed by atoms with Gasteiger partial charge in [-0.2, -0.15) is 0 Å². The van der Waals surface area contributed by atoms with Crippen molar-refractivity contribution in [3.05, 3.63) is 64.6 Å². The van der Waals surface area contributed by atoms with Crippen molar-refractivity contribution in [1.82, 2.24) is 9.55 Å². The number of primary amides is 1. The van der Waals surface area contributed by atoms with Gasteiger partial charge in [-0.25, -0.2) is 9.78 Å². The van der Waals surface area contributed by atoms with E-state index in [1.807, 2.05) is 26.0 Å². The third-order valence-electron chi connectivity index (χ3n) is 4.61. The standard InChI is InChI=1S/C22H23ClN4O4/c1-13-4-5-18(23)15(8-13)16-11-27(12-17(16)21(24)28)19-9-20(25-10-14(19)2)26-22(29)31-7-6-30-3/h4-5,8-12H,6-7H2,1-3H3,(H2,24,28)(H,25,26,29). The maximum atomic E-state index is 12.1. The second kappa shape index (κ2) is 9.63. The number of aromatic nitrogens is 2. The molecule has 3 N–H and O–H groups in total. The number of amides is 2. The largest absolute Gasteiger partial charge is 0.447 e. The molecule has 0 aliphatic heterocycles. The van der Waals surface area contributed by atoms with Crippen LogP contribution in [0.25, 0.3) is 16.8 Å². The number of rotatable bonds is 7. The molecule has 0 bridgehead atoms. The van der Waals surface area contributed by atoms with E-state index < -0.39 is 12.0 Å². The van der Waals surface area contributed by atoms with Crippen LogP contribution in [0.15, 0.2) is 42.9 Å². The predicted molar refractivity (Wildman–Crippen MR) is 119 cm³/mol. The van der Waals surface area contributed by atoms with Gasteiger partial charge in [0.1, 0.15) is 12.4 Å². The highest BCUT2D eigenvalue weighted by atomic mass is 35.5. The summed E-state index contributed by atoms with van der Waals surface area (Å²) in [7, 11) is 1.52. The molecule has 1 aromatic carbocycles. The summed E-state index contributed by atoms with van der Waals surface area (Å²) in [5, 5.41) is 3.09. The van der Waals surface area contributed by atoms with E-state index in [2.05, 4.69) is 10.3 Å². The lowest BCUT2D eigenvalue weighted by atomic mass is 10.0. The minimum atomic E-state index is -0.642. The van der Waals surface area contributed by atoms with E-state index in [-0.39, 0.29) is 6.61 Å². The van der Waals surface area contributed by atoms with Gasteiger partial charge in [-0.1, -0.05) is 23.2 Å². The fourth-order valence-corrected chi connectivity index (χ4v) is 3.29. The summed E-state index contributed by atoms with van der Waals surface area (Å²) >= 11 is 6.39. The lowest BCUT2D eigenvalue weighted by Crippen LogP contribution is -2.17. The van der Waals surface area contributed by atoms with Gasteiger partial charge in [0.15, 0.2) is 0 Å². The zero-order valence-corrected chi connectivity index (χ0v) is 18.2. The Morgan fingerprint density at radius 1 is 1.16 bits per heavy atom. The molecule has 2 heterocycles. The number of nitrogens with one attached hydrogen (secondary N) is 1. The van der Waals surface area contributed by atoms with Crippen LogP contribution < -0.4 is 11.1 Å². The molecule has 0 radical (unpaired) electrons. The van der Waals surface area contributed by atoms with Crippen molar-refractivity contribution in [2.24, 2.45) is 5.73 Å². The number of anilines is 1. The van der Waals surface area contributed by atoms with Crippen LogP contribution in [-0.2, 0) is 9.47 Å². The zero-order chi connectivity index (χ0) is 22.5. The van der Waals surface area contributed by atoms with E-state index in [4.69, 9.17) is 26.8 Å². The van der Waals surface area contributed by atoms with Crippen LogP contribution in [0.1, 0.15) is 21.5 Å². The molecule has 0 spiro atoms. The Hall–Kier alpha value is -3.36. The topological polar surface area (TPSA) is 108 Å². The summed E-state index contributed by atoms with van der Waals surface area (Å²) in [6.07, 6.45) is 4.39. The molecule has 3 aromatic rings. The van der Waals surface area contributed by atoms with Crippen LogP contribution >= 0.6 is 11.6 Å². The summed E-state index contributed by atoms with van der Waals surface area (Å²) in [5.74, 6) is -0.273. The van der Waals surface area contributed by atoms with Crippen LogP contribution in [0, 0.1) is 13.8 Å². The number of nitrogens with zero attached hydrogens (tertiary/aromatic N) is 2. The third kappa shape index (κ3) is 5.22. The number of carbonyl (C=O) groups excluding carboxylic acids is 2. The number of hydrogen-bond donors (Lipinski definition) is 2. The number of hydrogen-bond acceptors (Lipinski definition) is 5. The lowest BCUT2D eigenvalue weighted by Gasteiger charge is -2.11. The first-order valence-electron chi connectivity index (χ1n) is 9.48. The number of carbonyl (C=O) groups is 2. The second-order valence-electron chi connectivity index (χ2n) is 6.95. The van der Waals surface area contributed by atoms with E-state index in [1.165, 1.54) is 7.11 Å². The first-order chi connectivity index (χ1) is 14.8. The summed E-state index contributed by atoms with van der Waals surface area (Å²) in [4.78, 5) is 28.3. The maximum Gasteiger partial charge on any atom is 0.412 e. The molecule has 0 aliphatic carbocycles.